The maximum atomic E-state index is 3.73. The topological polar surface area (TPSA) is 0 Å². The fraction of sp³-hybridized carbons (Fsp3) is 1.00. The van der Waals surface area contributed by atoms with Crippen molar-refractivity contribution in [2.45, 2.75) is 182 Å². The van der Waals surface area contributed by atoms with Crippen LogP contribution in [0.1, 0.15) is 182 Å². The van der Waals surface area contributed by atoms with Gasteiger partial charge in [0.2, 0.25) is 0 Å². The molecule has 0 saturated carbocycles. The molecule has 1 atom stereocenters. The molecule has 0 nitrogen and oxygen atoms in total. The zero-order valence-electron chi connectivity index (χ0n) is 24.8. The van der Waals surface area contributed by atoms with E-state index in [2.05, 4.69) is 36.6 Å². The third kappa shape index (κ3) is 20.0. The van der Waals surface area contributed by atoms with Crippen molar-refractivity contribution in [2.75, 3.05) is 24.6 Å². The second kappa shape index (κ2) is 24.2. The molecule has 0 fully saturated rings. The monoisotopic (exact) mass is 516 g/mol. The third-order valence-corrected chi connectivity index (χ3v) is 17.7. The quantitative estimate of drug-likeness (QED) is 0.0716. The van der Waals surface area contributed by atoms with E-state index in [9.17, 15) is 0 Å². The average Bonchev–Trinajstić information content (AvgIpc) is 2.83. The van der Waals surface area contributed by atoms with Gasteiger partial charge in [-0.1, -0.05) is 0 Å². The van der Waals surface area contributed by atoms with Crippen molar-refractivity contribution < 1.29 is 0 Å². The minimum atomic E-state index is -1.65. The van der Waals surface area contributed by atoms with E-state index in [0.717, 1.165) is 0 Å². The van der Waals surface area contributed by atoms with Crippen molar-refractivity contribution in [3.63, 3.8) is 0 Å². The molecule has 0 heterocycles. The van der Waals surface area contributed by atoms with Crippen LogP contribution < -0.4 is 0 Å². The van der Waals surface area contributed by atoms with Gasteiger partial charge in [-0.05, 0) is 0 Å². The van der Waals surface area contributed by atoms with Crippen molar-refractivity contribution >= 4 is 15.2 Å². The van der Waals surface area contributed by atoms with E-state index in [4.69, 9.17) is 0 Å². The molecule has 1 unspecified atom stereocenters. The molecule has 34 heavy (non-hydrogen) atoms. The van der Waals surface area contributed by atoms with Crippen molar-refractivity contribution in [3.8, 4) is 0 Å². The van der Waals surface area contributed by atoms with Crippen LogP contribution >= 0.6 is 15.2 Å². The van der Waals surface area contributed by atoms with E-state index in [1.807, 2.05) is 0 Å². The van der Waals surface area contributed by atoms with Gasteiger partial charge in [0.15, 0.2) is 0 Å². The molecule has 0 saturated heterocycles. The van der Waals surface area contributed by atoms with Gasteiger partial charge in [-0.3, -0.25) is 0 Å². The Balaban J connectivity index is 5.00. The molecule has 0 aliphatic rings. The standard InChI is InChI=1S/C32H70P2/c1-5-9-13-17-21-25-29-34(33,30-26-22-18-14-10-6-2,31-27-23-19-15-11-7-3)32-28-24-20-16-12-8-4/h5-33H2,1-4H3. The van der Waals surface area contributed by atoms with Gasteiger partial charge in [0.05, 0.1) is 0 Å². The van der Waals surface area contributed by atoms with E-state index < -0.39 is 6.29 Å². The molecule has 0 aromatic heterocycles. The van der Waals surface area contributed by atoms with E-state index in [1.54, 1.807) is 24.6 Å². The van der Waals surface area contributed by atoms with E-state index in [0.29, 0.717) is 0 Å². The van der Waals surface area contributed by atoms with Gasteiger partial charge in [0.1, 0.15) is 0 Å². The Kier molecular flexibility index (Phi) is 24.8. The summed E-state index contributed by atoms with van der Waals surface area (Å²) in [6.07, 6.45) is 39.9. The predicted octanol–water partition coefficient (Wildman–Crippen LogP) is 12.8. The second-order valence-corrected chi connectivity index (χ2v) is 22.4. The van der Waals surface area contributed by atoms with Gasteiger partial charge in [0.25, 0.3) is 0 Å². The first-order valence-corrected chi connectivity index (χ1v) is 20.9. The Morgan fingerprint density at radius 1 is 0.294 bits per heavy atom. The zero-order chi connectivity index (χ0) is 25.2. The van der Waals surface area contributed by atoms with Crippen molar-refractivity contribution in [1.82, 2.24) is 0 Å². The maximum absolute atomic E-state index is 3.73. The number of hydrogen-bond donors (Lipinski definition) is 0. The minimum absolute atomic E-state index is 1.37. The molecule has 0 amide bonds. The summed E-state index contributed by atoms with van der Waals surface area (Å²) in [5.41, 5.74) is 0. The third-order valence-electron chi connectivity index (χ3n) is 8.46. The Morgan fingerprint density at radius 3 is 0.676 bits per heavy atom. The summed E-state index contributed by atoms with van der Waals surface area (Å²) in [6.45, 7) is 9.38. The van der Waals surface area contributed by atoms with E-state index in [1.165, 1.54) is 154 Å². The summed E-state index contributed by atoms with van der Waals surface area (Å²) < 4.78 is 0. The van der Waals surface area contributed by atoms with E-state index >= 15 is 0 Å². The van der Waals surface area contributed by atoms with Gasteiger partial charge in [-0.15, -0.1) is 0 Å². The van der Waals surface area contributed by atoms with Crippen molar-refractivity contribution in [1.29, 1.82) is 0 Å². The zero-order valence-corrected chi connectivity index (χ0v) is 26.9. The van der Waals surface area contributed by atoms with Gasteiger partial charge >= 0.3 is 222 Å². The van der Waals surface area contributed by atoms with Crippen LogP contribution in [-0.2, 0) is 0 Å². The molecule has 0 radical (unpaired) electrons. The number of unbranched alkanes of at least 4 members (excludes halogenated alkanes) is 20. The van der Waals surface area contributed by atoms with Crippen LogP contribution in [0.15, 0.2) is 0 Å². The van der Waals surface area contributed by atoms with Crippen LogP contribution in [0.25, 0.3) is 0 Å². The van der Waals surface area contributed by atoms with Gasteiger partial charge in [-0.2, -0.15) is 0 Å². The average molecular weight is 517 g/mol. The number of rotatable bonds is 28. The Bertz CT molecular complexity index is 330. The Morgan fingerprint density at radius 2 is 0.471 bits per heavy atom. The molecule has 208 valence electrons. The predicted molar refractivity (Wildman–Crippen MR) is 170 cm³/mol. The fourth-order valence-corrected chi connectivity index (χ4v) is 13.8. The van der Waals surface area contributed by atoms with Crippen LogP contribution in [0.3, 0.4) is 0 Å². The van der Waals surface area contributed by atoms with Crippen molar-refractivity contribution in [2.24, 2.45) is 0 Å². The Hall–Kier alpha value is 0.860. The molecule has 0 N–H and O–H groups in total. The summed E-state index contributed by atoms with van der Waals surface area (Å²) in [6, 6.07) is 0. The molecular weight excluding hydrogens is 446 g/mol. The SMILES string of the molecule is CCCCCCCCP(P)(CCCCCCCC)(CCCCCCCC)CCCCCCCC. The summed E-state index contributed by atoms with van der Waals surface area (Å²) in [7, 11) is 3.73. The summed E-state index contributed by atoms with van der Waals surface area (Å²) >= 11 is 0. The van der Waals surface area contributed by atoms with Crippen LogP contribution in [0, 0.1) is 0 Å². The molecule has 0 spiro atoms. The first-order chi connectivity index (χ1) is 16.5. The first kappa shape index (κ1) is 34.9. The van der Waals surface area contributed by atoms with Gasteiger partial charge in [-0.25, -0.2) is 0 Å². The molecule has 0 rings (SSSR count). The fourth-order valence-electron chi connectivity index (χ4n) is 5.95. The van der Waals surface area contributed by atoms with E-state index in [-0.39, 0.29) is 0 Å². The summed E-state index contributed by atoms with van der Waals surface area (Å²) in [5.74, 6) is 0. The first-order valence-electron chi connectivity index (χ1n) is 16.4. The number of hydrogen-bond acceptors (Lipinski definition) is 0. The molecule has 0 aliphatic carbocycles. The van der Waals surface area contributed by atoms with Gasteiger partial charge < -0.3 is 0 Å². The second-order valence-electron chi connectivity index (χ2n) is 12.0. The normalized spacial score (nSPS) is 13.3. The van der Waals surface area contributed by atoms with Crippen LogP contribution in [0.5, 0.6) is 0 Å². The van der Waals surface area contributed by atoms with Crippen LogP contribution in [-0.4, -0.2) is 24.6 Å². The Labute approximate surface area is 221 Å². The molecule has 0 aromatic carbocycles. The molecule has 0 aromatic rings. The molecular formula is C32H70P2. The van der Waals surface area contributed by atoms with Gasteiger partial charge in [0, 0.05) is 0 Å². The molecule has 0 aliphatic heterocycles. The summed E-state index contributed by atoms with van der Waals surface area (Å²) in [4.78, 5) is 0. The molecule has 0 bridgehead atoms. The van der Waals surface area contributed by atoms with Crippen LogP contribution in [0.2, 0.25) is 0 Å². The van der Waals surface area contributed by atoms with Crippen molar-refractivity contribution in [3.05, 3.63) is 0 Å². The molecule has 2 heteroatoms. The summed E-state index contributed by atoms with van der Waals surface area (Å²) in [5, 5.41) is 0. The van der Waals surface area contributed by atoms with Crippen LogP contribution in [0.4, 0.5) is 0 Å².